The minimum Gasteiger partial charge on any atom is -0.367 e. The van der Waals surface area contributed by atoms with Crippen LogP contribution in [-0.4, -0.2) is 47.1 Å². The number of fused-ring (bicyclic) bond motifs is 1. The molecule has 3 aromatic rings. The number of amides is 2. The summed E-state index contributed by atoms with van der Waals surface area (Å²) < 4.78 is 7.44. The van der Waals surface area contributed by atoms with Crippen LogP contribution in [0.25, 0.3) is 22.2 Å². The number of nitrogens with zero attached hydrogens (tertiary/aromatic N) is 2. The second-order valence-electron chi connectivity index (χ2n) is 6.68. The van der Waals surface area contributed by atoms with Crippen molar-refractivity contribution >= 4 is 22.7 Å². The van der Waals surface area contributed by atoms with Crippen molar-refractivity contribution in [2.45, 2.75) is 6.10 Å². The van der Waals surface area contributed by atoms with Crippen molar-refractivity contribution in [2.75, 3.05) is 19.7 Å². The highest BCUT2D eigenvalue weighted by Crippen LogP contribution is 2.34. The molecule has 1 fully saturated rings. The van der Waals surface area contributed by atoms with Crippen molar-refractivity contribution in [1.29, 1.82) is 0 Å². The smallest absolute Gasteiger partial charge is 0.256 e. The van der Waals surface area contributed by atoms with Crippen LogP contribution >= 0.6 is 0 Å². The lowest BCUT2D eigenvalue weighted by molar-refractivity contribution is -0.133. The van der Waals surface area contributed by atoms with Gasteiger partial charge in [0.2, 0.25) is 5.91 Å². The van der Waals surface area contributed by atoms with Crippen LogP contribution in [0.4, 0.5) is 0 Å². The van der Waals surface area contributed by atoms with Gasteiger partial charge in [0.05, 0.1) is 24.4 Å². The Morgan fingerprint density at radius 1 is 1.07 bits per heavy atom. The Kier molecular flexibility index (Phi) is 4.41. The van der Waals surface area contributed by atoms with Gasteiger partial charge in [-0.3, -0.25) is 9.59 Å². The van der Waals surface area contributed by atoms with Crippen LogP contribution in [0.5, 0.6) is 0 Å². The van der Waals surface area contributed by atoms with E-state index in [1.54, 1.807) is 4.90 Å². The fourth-order valence-electron chi connectivity index (χ4n) is 3.71. The highest BCUT2D eigenvalue weighted by Gasteiger charge is 2.31. The van der Waals surface area contributed by atoms with E-state index in [2.05, 4.69) is 0 Å². The summed E-state index contributed by atoms with van der Waals surface area (Å²) in [5, 5.41) is 0.894. The monoisotopic (exact) mass is 363 g/mol. The molecule has 138 valence electrons. The molecule has 0 radical (unpaired) electrons. The molecule has 2 amide bonds. The van der Waals surface area contributed by atoms with E-state index in [9.17, 15) is 9.59 Å². The van der Waals surface area contributed by atoms with Crippen LogP contribution in [-0.2, 0) is 16.6 Å². The van der Waals surface area contributed by atoms with Gasteiger partial charge in [0, 0.05) is 24.5 Å². The summed E-state index contributed by atoms with van der Waals surface area (Å²) in [7, 11) is 1.97. The van der Waals surface area contributed by atoms with Crippen molar-refractivity contribution in [3.8, 4) is 11.3 Å². The molecular formula is C21H21N3O3. The van der Waals surface area contributed by atoms with Gasteiger partial charge in [-0.15, -0.1) is 0 Å². The van der Waals surface area contributed by atoms with E-state index in [0.29, 0.717) is 18.7 Å². The van der Waals surface area contributed by atoms with Crippen LogP contribution in [0.2, 0.25) is 0 Å². The lowest BCUT2D eigenvalue weighted by atomic mass is 10.0. The lowest BCUT2D eigenvalue weighted by Gasteiger charge is -2.31. The quantitative estimate of drug-likeness (QED) is 0.775. The molecule has 1 atom stereocenters. The summed E-state index contributed by atoms with van der Waals surface area (Å²) >= 11 is 0. The molecule has 0 unspecified atom stereocenters. The number of aromatic nitrogens is 1. The van der Waals surface area contributed by atoms with E-state index in [0.717, 1.165) is 22.2 Å². The fraction of sp³-hybridized carbons (Fsp3) is 0.238. The van der Waals surface area contributed by atoms with Gasteiger partial charge in [-0.25, -0.2) is 0 Å². The molecule has 0 spiro atoms. The second kappa shape index (κ2) is 6.89. The first kappa shape index (κ1) is 17.3. The molecule has 0 saturated carbocycles. The number of morpholine rings is 1. The zero-order valence-corrected chi connectivity index (χ0v) is 15.1. The maximum Gasteiger partial charge on any atom is 0.256 e. The number of hydrogen-bond donors (Lipinski definition) is 1. The molecule has 0 aliphatic carbocycles. The van der Waals surface area contributed by atoms with Crippen LogP contribution in [0, 0.1) is 0 Å². The minimum absolute atomic E-state index is 0.111. The summed E-state index contributed by atoms with van der Waals surface area (Å²) in [6.45, 7) is 0.899. The number of rotatable bonds is 3. The van der Waals surface area contributed by atoms with Crippen molar-refractivity contribution in [1.82, 2.24) is 9.47 Å². The van der Waals surface area contributed by atoms with E-state index in [1.807, 2.05) is 66.2 Å². The van der Waals surface area contributed by atoms with Gasteiger partial charge in [-0.1, -0.05) is 48.5 Å². The number of hydrogen-bond acceptors (Lipinski definition) is 3. The van der Waals surface area contributed by atoms with E-state index in [4.69, 9.17) is 10.5 Å². The molecule has 1 aliphatic rings. The predicted molar refractivity (Wildman–Crippen MR) is 103 cm³/mol. The molecule has 2 N–H and O–H groups in total. The number of carbonyl (C=O) groups is 2. The Hall–Kier alpha value is -3.12. The SMILES string of the molecule is Cn1c(-c2ccccc2)c(C(=O)N2CCO[C@@H](C(N)=O)C2)c2ccccc21. The molecule has 4 rings (SSSR count). The minimum atomic E-state index is -0.766. The molecule has 6 heteroatoms. The van der Waals surface area contributed by atoms with Gasteiger partial charge in [-0.2, -0.15) is 0 Å². The average Bonchev–Trinajstić information content (AvgIpc) is 3.01. The first-order chi connectivity index (χ1) is 13.1. The second-order valence-corrected chi connectivity index (χ2v) is 6.68. The third-order valence-electron chi connectivity index (χ3n) is 5.04. The molecule has 2 aromatic carbocycles. The topological polar surface area (TPSA) is 77.6 Å². The van der Waals surface area contributed by atoms with Gasteiger partial charge in [0.25, 0.3) is 5.91 Å². The molecule has 1 aromatic heterocycles. The Labute approximate surface area is 157 Å². The zero-order chi connectivity index (χ0) is 19.0. The number of benzene rings is 2. The maximum absolute atomic E-state index is 13.5. The van der Waals surface area contributed by atoms with Crippen LogP contribution < -0.4 is 5.73 Å². The summed E-state index contributed by atoms with van der Waals surface area (Å²) in [6.07, 6.45) is -0.766. The third kappa shape index (κ3) is 2.98. The molecule has 6 nitrogen and oxygen atoms in total. The van der Waals surface area contributed by atoms with Gasteiger partial charge in [0.1, 0.15) is 0 Å². The van der Waals surface area contributed by atoms with E-state index in [1.165, 1.54) is 0 Å². The normalized spacial score (nSPS) is 17.2. The highest BCUT2D eigenvalue weighted by molar-refractivity contribution is 6.12. The summed E-state index contributed by atoms with van der Waals surface area (Å²) in [5.41, 5.74) is 8.84. The van der Waals surface area contributed by atoms with Gasteiger partial charge in [0.15, 0.2) is 6.10 Å². The standard InChI is InChI=1S/C21H21N3O3/c1-23-16-10-6-5-9-15(16)18(19(23)14-7-3-2-4-8-14)21(26)24-11-12-27-17(13-24)20(22)25/h2-10,17H,11-13H2,1H3,(H2,22,25)/t17-/m1/s1. The Morgan fingerprint density at radius 2 is 1.78 bits per heavy atom. The van der Waals surface area contributed by atoms with Crippen LogP contribution in [0.15, 0.2) is 54.6 Å². The van der Waals surface area contributed by atoms with Crippen molar-refractivity contribution in [3.63, 3.8) is 0 Å². The zero-order valence-electron chi connectivity index (χ0n) is 15.1. The average molecular weight is 363 g/mol. The third-order valence-corrected chi connectivity index (χ3v) is 5.04. The number of para-hydroxylation sites is 1. The predicted octanol–water partition coefficient (Wildman–Crippen LogP) is 2.17. The molecule has 1 saturated heterocycles. The summed E-state index contributed by atoms with van der Waals surface area (Å²) in [5.74, 6) is -0.658. The van der Waals surface area contributed by atoms with Crippen molar-refractivity contribution in [2.24, 2.45) is 12.8 Å². The molecule has 0 bridgehead atoms. The number of nitrogens with two attached hydrogens (primary N) is 1. The van der Waals surface area contributed by atoms with E-state index >= 15 is 0 Å². The Morgan fingerprint density at radius 3 is 2.52 bits per heavy atom. The first-order valence-electron chi connectivity index (χ1n) is 8.91. The molecule has 1 aliphatic heterocycles. The lowest BCUT2D eigenvalue weighted by Crippen LogP contribution is -2.50. The maximum atomic E-state index is 13.5. The number of carbonyl (C=O) groups excluding carboxylic acids is 2. The summed E-state index contributed by atoms with van der Waals surface area (Å²) in [6, 6.07) is 17.7. The van der Waals surface area contributed by atoms with Gasteiger partial charge < -0.3 is 19.9 Å². The molecular weight excluding hydrogens is 342 g/mol. The number of ether oxygens (including phenoxy) is 1. The molecule has 2 heterocycles. The largest absolute Gasteiger partial charge is 0.367 e. The van der Waals surface area contributed by atoms with Crippen molar-refractivity contribution in [3.05, 3.63) is 60.2 Å². The van der Waals surface area contributed by atoms with Gasteiger partial charge in [-0.05, 0) is 11.6 Å². The number of primary amides is 1. The fourth-order valence-corrected chi connectivity index (χ4v) is 3.71. The molecule has 27 heavy (non-hydrogen) atoms. The van der Waals surface area contributed by atoms with Gasteiger partial charge >= 0.3 is 0 Å². The first-order valence-corrected chi connectivity index (χ1v) is 8.91. The van der Waals surface area contributed by atoms with E-state index < -0.39 is 12.0 Å². The van der Waals surface area contributed by atoms with E-state index in [-0.39, 0.29) is 12.5 Å². The number of aryl methyl sites for hydroxylation is 1. The van der Waals surface area contributed by atoms with Crippen LogP contribution in [0.1, 0.15) is 10.4 Å². The van der Waals surface area contributed by atoms with Crippen molar-refractivity contribution < 1.29 is 14.3 Å². The van der Waals surface area contributed by atoms with Crippen LogP contribution in [0.3, 0.4) is 0 Å². The Balaban J connectivity index is 1.85. The summed E-state index contributed by atoms with van der Waals surface area (Å²) in [4.78, 5) is 26.7. The Bertz CT molecular complexity index is 1010. The highest BCUT2D eigenvalue weighted by atomic mass is 16.5.